The van der Waals surface area contributed by atoms with Crippen LogP contribution in [0, 0.1) is 6.92 Å². The largest absolute Gasteiger partial charge is 0.478 e. The fourth-order valence-electron chi connectivity index (χ4n) is 1.95. The molecule has 1 aromatic carbocycles. The molecule has 0 aliphatic carbocycles. The zero-order valence-electron chi connectivity index (χ0n) is 10.3. The number of primary amides is 1. The van der Waals surface area contributed by atoms with Gasteiger partial charge in [-0.05, 0) is 36.2 Å². The van der Waals surface area contributed by atoms with Gasteiger partial charge >= 0.3 is 5.97 Å². The van der Waals surface area contributed by atoms with Crippen LogP contribution < -0.4 is 5.73 Å². The number of carboxylic acid groups (broad SMARTS) is 1. The number of amides is 1. The van der Waals surface area contributed by atoms with Crippen LogP contribution in [0.25, 0.3) is 11.1 Å². The number of aromatic carboxylic acids is 1. The number of carbonyl (C=O) groups is 2. The second kappa shape index (κ2) is 4.89. The molecule has 0 aliphatic rings. The predicted octanol–water partition coefficient (Wildman–Crippen LogP) is 1.85. The molecule has 0 atom stereocenters. The Balaban J connectivity index is 2.73. The summed E-state index contributed by atoms with van der Waals surface area (Å²) in [5.41, 5.74) is 7.21. The van der Waals surface area contributed by atoms with Crippen molar-refractivity contribution in [2.24, 2.45) is 5.73 Å². The van der Waals surface area contributed by atoms with Gasteiger partial charge < -0.3 is 10.8 Å². The first-order chi connectivity index (χ1) is 9.00. The van der Waals surface area contributed by atoms with Gasteiger partial charge in [0.1, 0.15) is 0 Å². The summed E-state index contributed by atoms with van der Waals surface area (Å²) in [7, 11) is 0. The summed E-state index contributed by atoms with van der Waals surface area (Å²) in [5.74, 6) is -1.94. The topological polar surface area (TPSA) is 93.3 Å². The second-order valence-corrected chi connectivity index (χ2v) is 4.08. The molecule has 5 heteroatoms. The number of hydrogen-bond donors (Lipinski definition) is 2. The Labute approximate surface area is 109 Å². The number of carbonyl (C=O) groups excluding carboxylic acids is 1. The van der Waals surface area contributed by atoms with E-state index in [1.165, 1.54) is 6.07 Å². The average molecular weight is 256 g/mol. The third-order valence-corrected chi connectivity index (χ3v) is 2.75. The summed E-state index contributed by atoms with van der Waals surface area (Å²) in [6, 6.07) is 8.09. The summed E-state index contributed by atoms with van der Waals surface area (Å²) in [6.45, 7) is 1.81. The summed E-state index contributed by atoms with van der Waals surface area (Å²) >= 11 is 0. The number of aromatic nitrogens is 1. The van der Waals surface area contributed by atoms with E-state index in [4.69, 9.17) is 10.8 Å². The van der Waals surface area contributed by atoms with Crippen LogP contribution in [0.15, 0.2) is 36.5 Å². The van der Waals surface area contributed by atoms with Gasteiger partial charge in [0.05, 0.1) is 11.1 Å². The van der Waals surface area contributed by atoms with E-state index < -0.39 is 11.9 Å². The van der Waals surface area contributed by atoms with Crippen LogP contribution in [-0.4, -0.2) is 22.0 Å². The molecule has 3 N–H and O–H groups in total. The van der Waals surface area contributed by atoms with E-state index in [0.717, 1.165) is 5.69 Å². The van der Waals surface area contributed by atoms with Crippen LogP contribution >= 0.6 is 0 Å². The predicted molar refractivity (Wildman–Crippen MR) is 69.9 cm³/mol. The molecule has 5 nitrogen and oxygen atoms in total. The molecule has 0 radical (unpaired) electrons. The van der Waals surface area contributed by atoms with Crippen LogP contribution in [-0.2, 0) is 0 Å². The Kier molecular flexibility index (Phi) is 3.29. The lowest BCUT2D eigenvalue weighted by molar-refractivity contribution is 0.0692. The Bertz CT molecular complexity index is 665. The van der Waals surface area contributed by atoms with Crippen molar-refractivity contribution in [2.75, 3.05) is 0 Å². The molecule has 2 aromatic rings. The summed E-state index contributed by atoms with van der Waals surface area (Å²) < 4.78 is 0. The molecule has 2 rings (SSSR count). The lowest BCUT2D eigenvalue weighted by Crippen LogP contribution is -2.17. The Hall–Kier alpha value is -2.69. The van der Waals surface area contributed by atoms with Gasteiger partial charge in [0.25, 0.3) is 0 Å². The number of rotatable bonds is 3. The van der Waals surface area contributed by atoms with Crippen molar-refractivity contribution in [3.8, 4) is 11.1 Å². The number of nitrogens with zero attached hydrogens (tertiary/aromatic N) is 1. The van der Waals surface area contributed by atoms with Crippen molar-refractivity contribution in [3.05, 3.63) is 53.3 Å². The molecule has 0 saturated heterocycles. The summed E-state index contributed by atoms with van der Waals surface area (Å²) in [4.78, 5) is 26.8. The van der Waals surface area contributed by atoms with Crippen molar-refractivity contribution in [1.29, 1.82) is 0 Å². The minimum atomic E-state index is -1.18. The molecule has 1 heterocycles. The number of aryl methyl sites for hydroxylation is 1. The minimum Gasteiger partial charge on any atom is -0.478 e. The molecular formula is C14H12N2O3. The van der Waals surface area contributed by atoms with E-state index in [2.05, 4.69) is 4.98 Å². The number of benzene rings is 1. The second-order valence-electron chi connectivity index (χ2n) is 4.08. The van der Waals surface area contributed by atoms with Crippen LogP contribution in [0.5, 0.6) is 0 Å². The number of nitrogens with two attached hydrogens (primary N) is 1. The van der Waals surface area contributed by atoms with E-state index in [9.17, 15) is 9.59 Å². The highest BCUT2D eigenvalue weighted by atomic mass is 16.4. The molecule has 96 valence electrons. The highest BCUT2D eigenvalue weighted by molar-refractivity contribution is 6.08. The van der Waals surface area contributed by atoms with Gasteiger partial charge in [-0.2, -0.15) is 0 Å². The quantitative estimate of drug-likeness (QED) is 0.876. The lowest BCUT2D eigenvalue weighted by atomic mass is 9.95. The maximum absolute atomic E-state index is 11.5. The highest BCUT2D eigenvalue weighted by Gasteiger charge is 2.19. The van der Waals surface area contributed by atoms with Gasteiger partial charge in [-0.3, -0.25) is 9.78 Å². The van der Waals surface area contributed by atoms with Crippen molar-refractivity contribution in [2.45, 2.75) is 6.92 Å². The Morgan fingerprint density at radius 1 is 1.26 bits per heavy atom. The van der Waals surface area contributed by atoms with E-state index in [1.54, 1.807) is 30.5 Å². The number of carboxylic acids is 1. The third-order valence-electron chi connectivity index (χ3n) is 2.75. The van der Waals surface area contributed by atoms with Crippen molar-refractivity contribution >= 4 is 11.9 Å². The SMILES string of the molecule is Cc1cc(-c2cccc(C(=O)O)c2C(N)=O)ccn1. The standard InChI is InChI=1S/C14H12N2O3/c1-8-7-9(5-6-16-8)10-3-2-4-11(14(18)19)12(10)13(15)17/h2-7H,1H3,(H2,15,17)(H,18,19). The first-order valence-electron chi connectivity index (χ1n) is 5.60. The zero-order chi connectivity index (χ0) is 14.0. The Morgan fingerprint density at radius 3 is 2.58 bits per heavy atom. The molecule has 0 fully saturated rings. The van der Waals surface area contributed by atoms with Crippen LogP contribution in [0.1, 0.15) is 26.4 Å². The molecule has 1 amide bonds. The first-order valence-corrected chi connectivity index (χ1v) is 5.60. The number of hydrogen-bond acceptors (Lipinski definition) is 3. The molecule has 0 saturated carbocycles. The maximum atomic E-state index is 11.5. The van der Waals surface area contributed by atoms with Crippen molar-refractivity contribution in [3.63, 3.8) is 0 Å². The monoisotopic (exact) mass is 256 g/mol. The minimum absolute atomic E-state index is 0.0144. The van der Waals surface area contributed by atoms with Gasteiger partial charge in [0.2, 0.25) is 5.91 Å². The van der Waals surface area contributed by atoms with Gasteiger partial charge in [0.15, 0.2) is 0 Å². The molecule has 0 bridgehead atoms. The first kappa shape index (κ1) is 12.8. The zero-order valence-corrected chi connectivity index (χ0v) is 10.3. The van der Waals surface area contributed by atoms with Gasteiger partial charge in [-0.25, -0.2) is 4.79 Å². The van der Waals surface area contributed by atoms with Gasteiger partial charge in [0, 0.05) is 11.9 Å². The van der Waals surface area contributed by atoms with Crippen LogP contribution in [0.2, 0.25) is 0 Å². The lowest BCUT2D eigenvalue weighted by Gasteiger charge is -2.10. The van der Waals surface area contributed by atoms with Gasteiger partial charge in [-0.1, -0.05) is 12.1 Å². The van der Waals surface area contributed by atoms with E-state index in [1.807, 2.05) is 6.92 Å². The number of pyridine rings is 1. The molecule has 0 aliphatic heterocycles. The summed E-state index contributed by atoms with van der Waals surface area (Å²) in [5, 5.41) is 9.12. The fourth-order valence-corrected chi connectivity index (χ4v) is 1.95. The van der Waals surface area contributed by atoms with Crippen LogP contribution in [0.4, 0.5) is 0 Å². The smallest absolute Gasteiger partial charge is 0.336 e. The summed E-state index contributed by atoms with van der Waals surface area (Å²) in [6.07, 6.45) is 1.60. The third kappa shape index (κ3) is 2.44. The molecule has 1 aromatic heterocycles. The molecule has 19 heavy (non-hydrogen) atoms. The van der Waals surface area contributed by atoms with E-state index in [0.29, 0.717) is 11.1 Å². The van der Waals surface area contributed by atoms with Crippen molar-refractivity contribution in [1.82, 2.24) is 4.98 Å². The average Bonchev–Trinajstić information content (AvgIpc) is 2.37. The fraction of sp³-hybridized carbons (Fsp3) is 0.0714. The maximum Gasteiger partial charge on any atom is 0.336 e. The molecule has 0 spiro atoms. The van der Waals surface area contributed by atoms with E-state index >= 15 is 0 Å². The van der Waals surface area contributed by atoms with Crippen LogP contribution in [0.3, 0.4) is 0 Å². The molecular weight excluding hydrogens is 244 g/mol. The van der Waals surface area contributed by atoms with Gasteiger partial charge in [-0.15, -0.1) is 0 Å². The molecule has 0 unspecified atom stereocenters. The Morgan fingerprint density at radius 2 is 2.00 bits per heavy atom. The van der Waals surface area contributed by atoms with E-state index in [-0.39, 0.29) is 11.1 Å². The normalized spacial score (nSPS) is 10.2. The highest BCUT2D eigenvalue weighted by Crippen LogP contribution is 2.26. The van der Waals surface area contributed by atoms with Crippen molar-refractivity contribution < 1.29 is 14.7 Å².